The lowest BCUT2D eigenvalue weighted by Gasteiger charge is -2.37. The zero-order valence-electron chi connectivity index (χ0n) is 20.5. The van der Waals surface area contributed by atoms with Gasteiger partial charge >= 0.3 is 6.03 Å². The monoisotopic (exact) mass is 478 g/mol. The van der Waals surface area contributed by atoms with Gasteiger partial charge in [-0.15, -0.1) is 0 Å². The number of rotatable bonds is 9. The fourth-order valence-electron chi connectivity index (χ4n) is 4.85. The molecule has 35 heavy (non-hydrogen) atoms. The Balaban J connectivity index is 1.33. The van der Waals surface area contributed by atoms with Crippen LogP contribution in [-0.4, -0.2) is 59.9 Å². The van der Waals surface area contributed by atoms with E-state index in [1.165, 1.54) is 4.90 Å². The van der Waals surface area contributed by atoms with Crippen LogP contribution in [0.2, 0.25) is 0 Å². The van der Waals surface area contributed by atoms with Crippen molar-refractivity contribution in [1.29, 1.82) is 0 Å². The van der Waals surface area contributed by atoms with Crippen molar-refractivity contribution in [2.24, 2.45) is 0 Å². The molecule has 0 unspecified atom stereocenters. The molecule has 0 saturated carbocycles. The predicted octanol–water partition coefficient (Wildman–Crippen LogP) is 3.24. The Morgan fingerprint density at radius 2 is 1.77 bits per heavy atom. The number of imide groups is 1. The molecular weight excluding hydrogens is 444 g/mol. The van der Waals surface area contributed by atoms with Gasteiger partial charge in [0.2, 0.25) is 5.91 Å². The van der Waals surface area contributed by atoms with Crippen molar-refractivity contribution in [3.8, 4) is 5.75 Å². The molecule has 2 N–H and O–H groups in total. The number of amides is 4. The second kappa shape index (κ2) is 10.9. The molecule has 1 atom stereocenters. The third-order valence-corrected chi connectivity index (χ3v) is 7.05. The zero-order valence-corrected chi connectivity index (χ0v) is 20.5. The normalized spacial score (nSPS) is 18.4. The van der Waals surface area contributed by atoms with Gasteiger partial charge in [-0.3, -0.25) is 14.5 Å². The van der Waals surface area contributed by atoms with Crippen molar-refractivity contribution in [3.05, 3.63) is 65.7 Å². The third-order valence-electron chi connectivity index (χ3n) is 7.05. The van der Waals surface area contributed by atoms with E-state index in [1.807, 2.05) is 61.5 Å². The third kappa shape index (κ3) is 5.65. The minimum absolute atomic E-state index is 0.0349. The average Bonchev–Trinajstić information content (AvgIpc) is 3.12. The first-order chi connectivity index (χ1) is 16.9. The number of nitrogens with zero attached hydrogens (tertiary/aromatic N) is 2. The number of likely N-dealkylation sites (tertiary alicyclic amines) is 1. The molecule has 0 aliphatic carbocycles. The molecule has 2 heterocycles. The van der Waals surface area contributed by atoms with E-state index < -0.39 is 5.54 Å². The van der Waals surface area contributed by atoms with Crippen LogP contribution in [0.1, 0.15) is 49.8 Å². The van der Waals surface area contributed by atoms with Crippen LogP contribution in [0.4, 0.5) is 4.79 Å². The summed E-state index contributed by atoms with van der Waals surface area (Å²) in [5, 5.41) is 6.11. The highest BCUT2D eigenvalue weighted by Crippen LogP contribution is 2.31. The number of ether oxygens (including phenoxy) is 1. The SMILES string of the molecule is CCC(=O)N[C@@H](CCN1CCC2(CC1)NC(=O)N(Cc1ccc(OC)cc1)C2=O)c1ccccc1. The van der Waals surface area contributed by atoms with E-state index in [-0.39, 0.29) is 30.4 Å². The van der Waals surface area contributed by atoms with Crippen LogP contribution in [0.25, 0.3) is 0 Å². The molecule has 186 valence electrons. The van der Waals surface area contributed by atoms with E-state index in [2.05, 4.69) is 15.5 Å². The summed E-state index contributed by atoms with van der Waals surface area (Å²) in [6.07, 6.45) is 2.39. The lowest BCUT2D eigenvalue weighted by Crippen LogP contribution is -2.55. The van der Waals surface area contributed by atoms with Crippen LogP contribution in [-0.2, 0) is 16.1 Å². The van der Waals surface area contributed by atoms with Crippen LogP contribution in [0.3, 0.4) is 0 Å². The second-order valence-electron chi connectivity index (χ2n) is 9.27. The number of methoxy groups -OCH3 is 1. The van der Waals surface area contributed by atoms with E-state index in [9.17, 15) is 14.4 Å². The van der Waals surface area contributed by atoms with Crippen LogP contribution >= 0.6 is 0 Å². The molecule has 1 spiro atoms. The molecule has 0 radical (unpaired) electrons. The Kier molecular flexibility index (Phi) is 7.70. The van der Waals surface area contributed by atoms with Crippen molar-refractivity contribution >= 4 is 17.8 Å². The number of hydrogen-bond donors (Lipinski definition) is 2. The summed E-state index contributed by atoms with van der Waals surface area (Å²) in [6, 6.07) is 17.0. The molecule has 2 aliphatic heterocycles. The molecular formula is C27H34N4O4. The zero-order chi connectivity index (χ0) is 24.8. The number of carbonyl (C=O) groups excluding carboxylic acids is 3. The maximum atomic E-state index is 13.3. The number of nitrogens with one attached hydrogen (secondary N) is 2. The van der Waals surface area contributed by atoms with Crippen LogP contribution in [0.5, 0.6) is 5.75 Å². The number of benzene rings is 2. The second-order valence-corrected chi connectivity index (χ2v) is 9.27. The first-order valence-electron chi connectivity index (χ1n) is 12.3. The molecule has 0 aromatic heterocycles. The Bertz CT molecular complexity index is 1030. The summed E-state index contributed by atoms with van der Waals surface area (Å²) in [4.78, 5) is 41.7. The largest absolute Gasteiger partial charge is 0.497 e. The summed E-state index contributed by atoms with van der Waals surface area (Å²) < 4.78 is 5.18. The van der Waals surface area contributed by atoms with Gasteiger partial charge in [0.05, 0.1) is 19.7 Å². The standard InChI is InChI=1S/C27H34N4O4/c1-3-24(32)28-23(21-7-5-4-6-8-21)13-16-30-17-14-27(15-18-30)25(33)31(26(34)29-27)19-20-9-11-22(35-2)12-10-20/h4-12,23H,3,13-19H2,1-2H3,(H,28,32)(H,29,34)/t23-/m0/s1. The van der Waals surface area contributed by atoms with Gasteiger partial charge in [-0.1, -0.05) is 49.4 Å². The number of urea groups is 1. The van der Waals surface area contributed by atoms with Gasteiger partial charge in [-0.05, 0) is 42.5 Å². The van der Waals surface area contributed by atoms with Crippen LogP contribution in [0.15, 0.2) is 54.6 Å². The van der Waals surface area contributed by atoms with Gasteiger partial charge < -0.3 is 20.3 Å². The molecule has 2 saturated heterocycles. The van der Waals surface area contributed by atoms with Gasteiger partial charge in [0.25, 0.3) is 5.91 Å². The van der Waals surface area contributed by atoms with Gasteiger partial charge in [0.1, 0.15) is 11.3 Å². The van der Waals surface area contributed by atoms with E-state index in [0.29, 0.717) is 32.4 Å². The average molecular weight is 479 g/mol. The number of carbonyl (C=O) groups is 3. The van der Waals surface area contributed by atoms with Gasteiger partial charge in [0.15, 0.2) is 0 Å². The fourth-order valence-corrected chi connectivity index (χ4v) is 4.85. The smallest absolute Gasteiger partial charge is 0.325 e. The van der Waals surface area contributed by atoms with Crippen molar-refractivity contribution in [2.45, 2.75) is 50.7 Å². The molecule has 8 heteroatoms. The maximum Gasteiger partial charge on any atom is 0.325 e. The van der Waals surface area contributed by atoms with Gasteiger partial charge in [-0.2, -0.15) is 0 Å². The lowest BCUT2D eigenvalue weighted by molar-refractivity contribution is -0.133. The number of hydrogen-bond acceptors (Lipinski definition) is 5. The van der Waals surface area contributed by atoms with Crippen molar-refractivity contribution < 1.29 is 19.1 Å². The van der Waals surface area contributed by atoms with E-state index in [1.54, 1.807) is 7.11 Å². The van der Waals surface area contributed by atoms with Crippen molar-refractivity contribution in [1.82, 2.24) is 20.4 Å². The Morgan fingerprint density at radius 3 is 2.40 bits per heavy atom. The van der Waals surface area contributed by atoms with E-state index >= 15 is 0 Å². The molecule has 0 bridgehead atoms. The van der Waals surface area contributed by atoms with Crippen molar-refractivity contribution in [2.75, 3.05) is 26.7 Å². The highest BCUT2D eigenvalue weighted by molar-refractivity contribution is 6.07. The molecule has 8 nitrogen and oxygen atoms in total. The highest BCUT2D eigenvalue weighted by atomic mass is 16.5. The summed E-state index contributed by atoms with van der Waals surface area (Å²) >= 11 is 0. The lowest BCUT2D eigenvalue weighted by atomic mass is 9.87. The van der Waals surface area contributed by atoms with Crippen molar-refractivity contribution in [3.63, 3.8) is 0 Å². The summed E-state index contributed by atoms with van der Waals surface area (Å²) in [7, 11) is 1.60. The molecule has 2 fully saturated rings. The first-order valence-corrected chi connectivity index (χ1v) is 12.3. The van der Waals surface area contributed by atoms with E-state index in [0.717, 1.165) is 29.8 Å². The Hall–Kier alpha value is -3.39. The first kappa shape index (κ1) is 24.7. The highest BCUT2D eigenvalue weighted by Gasteiger charge is 2.52. The van der Waals surface area contributed by atoms with Gasteiger partial charge in [-0.25, -0.2) is 4.79 Å². The quantitative estimate of drug-likeness (QED) is 0.540. The minimum Gasteiger partial charge on any atom is -0.497 e. The maximum absolute atomic E-state index is 13.3. The molecule has 2 aliphatic rings. The molecule has 4 rings (SSSR count). The molecule has 4 amide bonds. The summed E-state index contributed by atoms with van der Waals surface area (Å²) in [6.45, 7) is 4.33. The fraction of sp³-hybridized carbons (Fsp3) is 0.444. The van der Waals surface area contributed by atoms with Gasteiger partial charge in [0, 0.05) is 26.1 Å². The Labute approximate surface area is 206 Å². The summed E-state index contributed by atoms with van der Waals surface area (Å²) in [5.74, 6) is 0.626. The summed E-state index contributed by atoms with van der Waals surface area (Å²) in [5.41, 5.74) is 1.15. The predicted molar refractivity (Wildman–Crippen MR) is 133 cm³/mol. The topological polar surface area (TPSA) is 91.0 Å². The van der Waals surface area contributed by atoms with E-state index in [4.69, 9.17) is 4.74 Å². The van der Waals surface area contributed by atoms with Crippen LogP contribution in [0, 0.1) is 0 Å². The number of piperidine rings is 1. The van der Waals surface area contributed by atoms with Crippen LogP contribution < -0.4 is 15.4 Å². The molecule has 2 aromatic rings. The minimum atomic E-state index is -0.824. The Morgan fingerprint density at radius 1 is 1.09 bits per heavy atom. The molecule has 2 aromatic carbocycles.